The highest BCUT2D eigenvalue weighted by molar-refractivity contribution is 6.00. The Labute approximate surface area is 112 Å². The number of ether oxygens (including phenoxy) is 1. The maximum Gasteiger partial charge on any atom is 0.308 e. The molecule has 0 N–H and O–H groups in total. The Hall–Kier alpha value is -2.36. The van der Waals surface area contributed by atoms with E-state index in [2.05, 4.69) is 0 Å². The summed E-state index contributed by atoms with van der Waals surface area (Å²) < 4.78 is 6.87. The van der Waals surface area contributed by atoms with E-state index < -0.39 is 0 Å². The number of hydrogen-bond acceptors (Lipinski definition) is 2. The van der Waals surface area contributed by atoms with Crippen molar-refractivity contribution in [2.45, 2.75) is 6.92 Å². The first-order valence-electron chi connectivity index (χ1n) is 6.18. The lowest BCUT2D eigenvalue weighted by molar-refractivity contribution is -0.682. The predicted molar refractivity (Wildman–Crippen MR) is 72.7 cm³/mol. The van der Waals surface area contributed by atoms with Gasteiger partial charge in [-0.3, -0.25) is 4.79 Å². The molecule has 0 aliphatic heterocycles. The number of pyridine rings is 1. The molecule has 0 aliphatic rings. The van der Waals surface area contributed by atoms with E-state index in [1.54, 1.807) is 41.1 Å². The Morgan fingerprint density at radius 3 is 2.32 bits per heavy atom. The standard InChI is InChI=1S/C15H17N2O2/c1-3-17(16-11-5-4-6-12-16)15(18)13-7-9-14(19-2)10-8-13/h4-12H,3H2,1-2H3/q+1. The van der Waals surface area contributed by atoms with Gasteiger partial charge in [-0.05, 0) is 31.2 Å². The molecule has 2 aromatic rings. The van der Waals surface area contributed by atoms with Gasteiger partial charge < -0.3 is 4.74 Å². The SMILES string of the molecule is CCN(C(=O)c1ccc(OC)cc1)[n+]1ccccc1. The van der Waals surface area contributed by atoms with Crippen LogP contribution < -0.4 is 14.4 Å². The molecule has 1 heterocycles. The van der Waals surface area contributed by atoms with Crippen LogP contribution in [0.5, 0.6) is 5.75 Å². The number of carbonyl (C=O) groups excluding carboxylic acids is 1. The molecule has 1 amide bonds. The van der Waals surface area contributed by atoms with Gasteiger partial charge in [-0.1, -0.05) is 10.7 Å². The molecule has 0 radical (unpaired) electrons. The Morgan fingerprint density at radius 1 is 1.16 bits per heavy atom. The zero-order valence-corrected chi connectivity index (χ0v) is 11.1. The zero-order valence-electron chi connectivity index (χ0n) is 11.1. The highest BCUT2D eigenvalue weighted by atomic mass is 16.5. The van der Waals surface area contributed by atoms with Crippen LogP contribution >= 0.6 is 0 Å². The minimum Gasteiger partial charge on any atom is -0.497 e. The van der Waals surface area contributed by atoms with Gasteiger partial charge in [-0.2, -0.15) is 0 Å². The molecule has 0 saturated carbocycles. The van der Waals surface area contributed by atoms with Crippen molar-refractivity contribution in [1.82, 2.24) is 0 Å². The average Bonchev–Trinajstić information content (AvgIpc) is 2.49. The van der Waals surface area contributed by atoms with Gasteiger partial charge in [0.25, 0.3) is 0 Å². The van der Waals surface area contributed by atoms with Gasteiger partial charge in [0, 0.05) is 17.7 Å². The summed E-state index contributed by atoms with van der Waals surface area (Å²) in [6.45, 7) is 2.54. The molecule has 4 heteroatoms. The fourth-order valence-corrected chi connectivity index (χ4v) is 1.84. The summed E-state index contributed by atoms with van der Waals surface area (Å²) in [5.74, 6) is 0.702. The van der Waals surface area contributed by atoms with Gasteiger partial charge in [-0.15, -0.1) is 5.01 Å². The van der Waals surface area contributed by atoms with E-state index in [4.69, 9.17) is 4.74 Å². The van der Waals surface area contributed by atoms with Crippen LogP contribution in [-0.4, -0.2) is 19.6 Å². The molecule has 1 aromatic heterocycles. The zero-order chi connectivity index (χ0) is 13.7. The quantitative estimate of drug-likeness (QED) is 0.782. The van der Waals surface area contributed by atoms with E-state index in [9.17, 15) is 4.79 Å². The van der Waals surface area contributed by atoms with Crippen molar-refractivity contribution in [1.29, 1.82) is 0 Å². The Kier molecular flexibility index (Phi) is 4.13. The van der Waals surface area contributed by atoms with Crippen molar-refractivity contribution in [2.24, 2.45) is 0 Å². The van der Waals surface area contributed by atoms with E-state index in [1.165, 1.54) is 0 Å². The number of nitrogens with zero attached hydrogens (tertiary/aromatic N) is 2. The van der Waals surface area contributed by atoms with E-state index in [1.807, 2.05) is 37.5 Å². The summed E-state index contributed by atoms with van der Waals surface area (Å²) in [5, 5.41) is 1.67. The molecule has 0 spiro atoms. The Bertz CT molecular complexity index is 538. The number of carbonyl (C=O) groups is 1. The van der Waals surface area contributed by atoms with E-state index in [0.717, 1.165) is 5.75 Å². The molecule has 0 unspecified atom stereocenters. The van der Waals surface area contributed by atoms with Crippen LogP contribution in [0.25, 0.3) is 0 Å². The van der Waals surface area contributed by atoms with Crippen molar-refractivity contribution in [3.8, 4) is 5.75 Å². The molecule has 98 valence electrons. The normalized spacial score (nSPS) is 10.0. The smallest absolute Gasteiger partial charge is 0.308 e. The van der Waals surface area contributed by atoms with E-state index in [-0.39, 0.29) is 5.91 Å². The molecule has 4 nitrogen and oxygen atoms in total. The molecule has 19 heavy (non-hydrogen) atoms. The first-order valence-corrected chi connectivity index (χ1v) is 6.18. The number of rotatable bonds is 4. The maximum absolute atomic E-state index is 12.4. The van der Waals surface area contributed by atoms with Crippen LogP contribution in [0.2, 0.25) is 0 Å². The van der Waals surface area contributed by atoms with Crippen LogP contribution in [0, 0.1) is 0 Å². The predicted octanol–water partition coefficient (Wildman–Crippen LogP) is 1.78. The number of hydrogen-bond donors (Lipinski definition) is 0. The Balaban J connectivity index is 2.25. The first-order chi connectivity index (χ1) is 9.26. The monoisotopic (exact) mass is 257 g/mol. The Morgan fingerprint density at radius 2 is 1.79 bits per heavy atom. The summed E-state index contributed by atoms with van der Waals surface area (Å²) in [7, 11) is 1.61. The van der Waals surface area contributed by atoms with Crippen molar-refractivity contribution < 1.29 is 14.2 Å². The van der Waals surface area contributed by atoms with Crippen LogP contribution in [0.4, 0.5) is 0 Å². The number of benzene rings is 1. The van der Waals surface area contributed by atoms with Crippen molar-refractivity contribution in [2.75, 3.05) is 18.7 Å². The first kappa shape index (κ1) is 13.1. The molecule has 0 saturated heterocycles. The topological polar surface area (TPSA) is 33.4 Å². The lowest BCUT2D eigenvalue weighted by atomic mass is 10.2. The molecular formula is C15H17N2O2+. The summed E-state index contributed by atoms with van der Waals surface area (Å²) in [4.78, 5) is 12.4. The fraction of sp³-hybridized carbons (Fsp3) is 0.200. The molecule has 2 rings (SSSR count). The van der Waals surface area contributed by atoms with Gasteiger partial charge >= 0.3 is 5.91 Å². The summed E-state index contributed by atoms with van der Waals surface area (Å²) in [5.41, 5.74) is 0.638. The second-order valence-corrected chi connectivity index (χ2v) is 4.00. The highest BCUT2D eigenvalue weighted by Gasteiger charge is 2.21. The maximum atomic E-state index is 12.4. The third kappa shape index (κ3) is 2.91. The van der Waals surface area contributed by atoms with Crippen LogP contribution in [-0.2, 0) is 0 Å². The summed E-state index contributed by atoms with van der Waals surface area (Å²) in [6.07, 6.45) is 3.70. The largest absolute Gasteiger partial charge is 0.497 e. The molecule has 0 atom stereocenters. The van der Waals surface area contributed by atoms with Crippen molar-refractivity contribution >= 4 is 5.91 Å². The molecular weight excluding hydrogens is 240 g/mol. The molecule has 0 bridgehead atoms. The molecule has 0 aliphatic carbocycles. The average molecular weight is 257 g/mol. The molecule has 0 fully saturated rings. The second-order valence-electron chi connectivity index (χ2n) is 4.00. The van der Waals surface area contributed by atoms with Crippen molar-refractivity contribution in [3.63, 3.8) is 0 Å². The summed E-state index contributed by atoms with van der Waals surface area (Å²) in [6, 6.07) is 12.8. The summed E-state index contributed by atoms with van der Waals surface area (Å²) >= 11 is 0. The van der Waals surface area contributed by atoms with Crippen molar-refractivity contribution in [3.05, 3.63) is 60.4 Å². The van der Waals surface area contributed by atoms with Gasteiger partial charge in [0.2, 0.25) is 0 Å². The highest BCUT2D eigenvalue weighted by Crippen LogP contribution is 2.12. The second kappa shape index (κ2) is 6.00. The fourth-order valence-electron chi connectivity index (χ4n) is 1.84. The van der Waals surface area contributed by atoms with Crippen LogP contribution in [0.1, 0.15) is 17.3 Å². The van der Waals surface area contributed by atoms with Gasteiger partial charge in [0.05, 0.1) is 13.7 Å². The van der Waals surface area contributed by atoms with E-state index >= 15 is 0 Å². The van der Waals surface area contributed by atoms with Gasteiger partial charge in [0.1, 0.15) is 5.75 Å². The van der Waals surface area contributed by atoms with Gasteiger partial charge in [-0.25, -0.2) is 0 Å². The minimum atomic E-state index is -0.0404. The van der Waals surface area contributed by atoms with Crippen LogP contribution in [0.15, 0.2) is 54.9 Å². The lowest BCUT2D eigenvalue weighted by Gasteiger charge is -2.13. The van der Waals surface area contributed by atoms with Gasteiger partial charge in [0.15, 0.2) is 12.4 Å². The van der Waals surface area contributed by atoms with Crippen LogP contribution in [0.3, 0.4) is 0 Å². The molecule has 1 aromatic carbocycles. The third-order valence-electron chi connectivity index (χ3n) is 2.85. The van der Waals surface area contributed by atoms with E-state index in [0.29, 0.717) is 12.1 Å². The number of methoxy groups -OCH3 is 1. The number of amides is 1. The lowest BCUT2D eigenvalue weighted by Crippen LogP contribution is -2.60. The third-order valence-corrected chi connectivity index (χ3v) is 2.85. The number of aromatic nitrogens is 1. The minimum absolute atomic E-state index is 0.0404.